The van der Waals surface area contributed by atoms with Gasteiger partial charge in [0.25, 0.3) is 0 Å². The Morgan fingerprint density at radius 1 is 1.38 bits per heavy atom. The Hall–Kier alpha value is -2.49. The number of hydrogen-bond acceptors (Lipinski definition) is 7. The Labute approximate surface area is 169 Å². The van der Waals surface area contributed by atoms with Gasteiger partial charge in [-0.2, -0.15) is 4.39 Å². The molecule has 3 N–H and O–H groups in total. The first kappa shape index (κ1) is 21.2. The van der Waals surface area contributed by atoms with E-state index >= 15 is 0 Å². The van der Waals surface area contributed by atoms with Gasteiger partial charge in [-0.15, -0.1) is 0 Å². The number of amides is 2. The summed E-state index contributed by atoms with van der Waals surface area (Å²) in [5, 5.41) is 10.0. The molecule has 2 aliphatic rings. The van der Waals surface area contributed by atoms with Crippen LogP contribution in [0.15, 0.2) is 0 Å². The van der Waals surface area contributed by atoms with E-state index in [-0.39, 0.29) is 30.6 Å². The van der Waals surface area contributed by atoms with Gasteiger partial charge in [-0.1, -0.05) is 25.7 Å². The van der Waals surface area contributed by atoms with Gasteiger partial charge in [0.2, 0.25) is 18.1 Å². The van der Waals surface area contributed by atoms with Crippen molar-refractivity contribution in [3.63, 3.8) is 0 Å². The molecule has 1 aromatic rings. The van der Waals surface area contributed by atoms with Gasteiger partial charge in [0.1, 0.15) is 5.82 Å². The maximum Gasteiger partial charge on any atom is 0.243 e. The van der Waals surface area contributed by atoms with Crippen molar-refractivity contribution in [1.82, 2.24) is 20.5 Å². The molecular formula is C19H29FN6O3. The summed E-state index contributed by atoms with van der Waals surface area (Å²) in [4.78, 5) is 33.6. The Bertz CT molecular complexity index is 743. The number of anilines is 2. The molecule has 1 unspecified atom stereocenters. The quantitative estimate of drug-likeness (QED) is 0.326. The normalized spacial score (nSPS) is 20.1. The molecule has 0 radical (unpaired) electrons. The van der Waals surface area contributed by atoms with Crippen molar-refractivity contribution in [3.05, 3.63) is 11.6 Å². The maximum absolute atomic E-state index is 14.9. The van der Waals surface area contributed by atoms with E-state index in [2.05, 4.69) is 20.8 Å². The number of hydrazine groups is 1. The first-order valence-corrected chi connectivity index (χ1v) is 10.2. The highest BCUT2D eigenvalue weighted by Crippen LogP contribution is 2.31. The minimum atomic E-state index is -0.619. The number of nitrogens with zero attached hydrogens (tertiary/aromatic N) is 4. The molecule has 0 aromatic carbocycles. The summed E-state index contributed by atoms with van der Waals surface area (Å²) >= 11 is 0. The highest BCUT2D eigenvalue weighted by molar-refractivity contribution is 5.80. The fraction of sp³-hybridized carbons (Fsp3) is 0.684. The molecule has 2 fully saturated rings. The number of nitrogens with one attached hydrogen (secondary N) is 2. The number of carbonyl (C=O) groups is 2. The van der Waals surface area contributed by atoms with Crippen molar-refractivity contribution in [2.75, 3.05) is 23.4 Å². The fourth-order valence-corrected chi connectivity index (χ4v) is 4.05. The third-order valence-corrected chi connectivity index (χ3v) is 5.83. The average Bonchev–Trinajstić information content (AvgIpc) is 3.20. The van der Waals surface area contributed by atoms with Crippen molar-refractivity contribution >= 4 is 24.0 Å². The van der Waals surface area contributed by atoms with Crippen LogP contribution in [-0.2, 0) is 9.59 Å². The van der Waals surface area contributed by atoms with Crippen LogP contribution in [0.3, 0.4) is 0 Å². The molecule has 1 saturated carbocycles. The lowest BCUT2D eigenvalue weighted by Crippen LogP contribution is -2.47. The number of aromatic nitrogens is 2. The van der Waals surface area contributed by atoms with E-state index in [4.69, 9.17) is 0 Å². The lowest BCUT2D eigenvalue weighted by Gasteiger charge is -2.39. The van der Waals surface area contributed by atoms with E-state index in [0.717, 1.165) is 38.6 Å². The second-order valence-corrected chi connectivity index (χ2v) is 8.01. The fourth-order valence-electron chi connectivity index (χ4n) is 4.05. The van der Waals surface area contributed by atoms with Crippen molar-refractivity contribution in [3.8, 4) is 0 Å². The minimum absolute atomic E-state index is 0.101. The molecule has 10 heteroatoms. The van der Waals surface area contributed by atoms with Crippen LogP contribution in [0, 0.1) is 24.6 Å². The predicted octanol–water partition coefficient (Wildman–Crippen LogP) is 2.01. The summed E-state index contributed by atoms with van der Waals surface area (Å²) in [5.41, 5.74) is 5.06. The minimum Gasteiger partial charge on any atom is -0.351 e. The zero-order valence-corrected chi connectivity index (χ0v) is 16.9. The molecule has 3 rings (SSSR count). The van der Waals surface area contributed by atoms with Crippen LogP contribution >= 0.6 is 0 Å². The van der Waals surface area contributed by atoms with Gasteiger partial charge in [0.15, 0.2) is 11.6 Å². The van der Waals surface area contributed by atoms with Crippen LogP contribution in [0.2, 0.25) is 0 Å². The largest absolute Gasteiger partial charge is 0.351 e. The van der Waals surface area contributed by atoms with Crippen LogP contribution in [0.25, 0.3) is 0 Å². The van der Waals surface area contributed by atoms with Gasteiger partial charge in [0.05, 0.1) is 12.5 Å². The van der Waals surface area contributed by atoms with Gasteiger partial charge in [0, 0.05) is 12.6 Å². The van der Waals surface area contributed by atoms with Gasteiger partial charge >= 0.3 is 0 Å². The molecule has 1 aromatic heterocycles. The molecule has 1 aliphatic carbocycles. The standard InChI is InChI=1S/C19H29FN6O3/c1-12-7-8-26(12)18-16(20)17(21-13(2)22-18)23-24-19(28)15(10-25(29)11-27)9-14-5-3-4-6-14/h11-12,14-15,29H,3-10H2,1-2H3,(H,24,28)(H,21,22,23)/t12?,15-/m1/s1. The van der Waals surface area contributed by atoms with E-state index < -0.39 is 17.6 Å². The molecule has 2 atom stereocenters. The SMILES string of the molecule is Cc1nc(NNC(=O)[C@H](CC2CCCC2)CN(O)C=O)c(F)c(N2CCC2C)n1. The monoisotopic (exact) mass is 408 g/mol. The molecule has 1 aliphatic heterocycles. The van der Waals surface area contributed by atoms with E-state index in [1.165, 1.54) is 0 Å². The molecular weight excluding hydrogens is 379 g/mol. The topological polar surface area (TPSA) is 111 Å². The number of rotatable bonds is 9. The van der Waals surface area contributed by atoms with E-state index in [1.807, 2.05) is 11.8 Å². The highest BCUT2D eigenvalue weighted by Gasteiger charge is 2.30. The first-order chi connectivity index (χ1) is 13.9. The summed E-state index contributed by atoms with van der Waals surface area (Å²) in [6.07, 6.45) is 6.10. The molecule has 1 saturated heterocycles. The molecule has 2 amide bonds. The Morgan fingerprint density at radius 2 is 2.10 bits per heavy atom. The zero-order chi connectivity index (χ0) is 21.0. The molecule has 2 heterocycles. The highest BCUT2D eigenvalue weighted by atomic mass is 19.1. The number of carbonyl (C=O) groups excluding carboxylic acids is 2. The molecule has 0 bridgehead atoms. The van der Waals surface area contributed by atoms with Crippen LogP contribution in [-0.4, -0.2) is 51.7 Å². The van der Waals surface area contributed by atoms with Crippen molar-refractivity contribution in [1.29, 1.82) is 0 Å². The number of hydroxylamine groups is 2. The van der Waals surface area contributed by atoms with Gasteiger partial charge in [-0.05, 0) is 32.6 Å². The molecule has 0 spiro atoms. The van der Waals surface area contributed by atoms with E-state index in [0.29, 0.717) is 23.2 Å². The van der Waals surface area contributed by atoms with Crippen LogP contribution in [0.1, 0.15) is 51.3 Å². The number of halogens is 1. The lowest BCUT2D eigenvalue weighted by atomic mass is 9.92. The summed E-state index contributed by atoms with van der Waals surface area (Å²) in [6.45, 7) is 4.27. The Balaban J connectivity index is 1.67. The van der Waals surface area contributed by atoms with Crippen LogP contribution in [0.4, 0.5) is 16.0 Å². The van der Waals surface area contributed by atoms with E-state index in [9.17, 15) is 19.2 Å². The van der Waals surface area contributed by atoms with Crippen molar-refractivity contribution in [2.45, 2.75) is 58.4 Å². The van der Waals surface area contributed by atoms with Crippen LogP contribution < -0.4 is 15.8 Å². The number of aryl methyl sites for hydroxylation is 1. The molecule has 160 valence electrons. The van der Waals surface area contributed by atoms with Gasteiger partial charge in [-0.3, -0.25) is 25.6 Å². The van der Waals surface area contributed by atoms with Crippen LogP contribution in [0.5, 0.6) is 0 Å². The summed E-state index contributed by atoms with van der Waals surface area (Å²) in [7, 11) is 0. The molecule has 29 heavy (non-hydrogen) atoms. The van der Waals surface area contributed by atoms with Gasteiger partial charge < -0.3 is 4.90 Å². The summed E-state index contributed by atoms with van der Waals surface area (Å²) in [5.74, 6) is -0.764. The third kappa shape index (κ3) is 5.11. The summed E-state index contributed by atoms with van der Waals surface area (Å²) in [6, 6.07) is 0.205. The second kappa shape index (κ2) is 9.34. The van der Waals surface area contributed by atoms with E-state index in [1.54, 1.807) is 6.92 Å². The maximum atomic E-state index is 14.9. The zero-order valence-electron chi connectivity index (χ0n) is 16.9. The second-order valence-electron chi connectivity index (χ2n) is 8.01. The number of hydrogen-bond donors (Lipinski definition) is 3. The predicted molar refractivity (Wildman–Crippen MR) is 105 cm³/mol. The van der Waals surface area contributed by atoms with Gasteiger partial charge in [-0.25, -0.2) is 15.0 Å². The lowest BCUT2D eigenvalue weighted by molar-refractivity contribution is -0.154. The Morgan fingerprint density at radius 3 is 2.69 bits per heavy atom. The average molecular weight is 408 g/mol. The van der Waals surface area contributed by atoms with Crippen molar-refractivity contribution < 1.29 is 19.2 Å². The summed E-state index contributed by atoms with van der Waals surface area (Å²) < 4.78 is 14.9. The molecule has 9 nitrogen and oxygen atoms in total. The van der Waals surface area contributed by atoms with Crippen molar-refractivity contribution in [2.24, 2.45) is 11.8 Å². The third-order valence-electron chi connectivity index (χ3n) is 5.83. The Kier molecular flexibility index (Phi) is 6.83. The smallest absolute Gasteiger partial charge is 0.243 e. The first-order valence-electron chi connectivity index (χ1n) is 10.2.